The first-order valence-electron chi connectivity index (χ1n) is 9.40. The van der Waals surface area contributed by atoms with Gasteiger partial charge >= 0.3 is 0 Å². The Bertz CT molecular complexity index is 1050. The molecule has 1 saturated heterocycles. The highest BCUT2D eigenvalue weighted by atomic mass is 19.1. The van der Waals surface area contributed by atoms with Crippen LogP contribution in [0.15, 0.2) is 30.5 Å². The highest BCUT2D eigenvalue weighted by Crippen LogP contribution is 2.28. The summed E-state index contributed by atoms with van der Waals surface area (Å²) in [6, 6.07) is 7.34. The smallest absolute Gasteiger partial charge is 0.206 e. The third kappa shape index (κ3) is 3.32. The monoisotopic (exact) mass is 378 g/mol. The summed E-state index contributed by atoms with van der Waals surface area (Å²) in [5, 5.41) is 0. The maximum atomic E-state index is 13.9. The lowest BCUT2D eigenvalue weighted by Crippen LogP contribution is -2.50. The SMILES string of the molecule is [C-]#[N+]c1ccc(Cn2c(N3CC[C@@H](F)[C@H](N)C3)nc3cc(C)c(C)cc32)nc1. The minimum atomic E-state index is -0.971. The fourth-order valence-electron chi connectivity index (χ4n) is 3.64. The summed E-state index contributed by atoms with van der Waals surface area (Å²) < 4.78 is 16.0. The van der Waals surface area contributed by atoms with Gasteiger partial charge in [-0.15, -0.1) is 0 Å². The van der Waals surface area contributed by atoms with Gasteiger partial charge in [0, 0.05) is 19.3 Å². The number of aromatic nitrogens is 3. The number of halogens is 1. The highest BCUT2D eigenvalue weighted by molar-refractivity contribution is 5.81. The summed E-state index contributed by atoms with van der Waals surface area (Å²) in [7, 11) is 0. The number of piperidine rings is 1. The number of nitrogens with zero attached hydrogens (tertiary/aromatic N) is 5. The lowest BCUT2D eigenvalue weighted by molar-refractivity contribution is 0.243. The Morgan fingerprint density at radius 3 is 2.75 bits per heavy atom. The van der Waals surface area contributed by atoms with E-state index in [9.17, 15) is 4.39 Å². The van der Waals surface area contributed by atoms with E-state index in [1.807, 2.05) is 6.07 Å². The van der Waals surface area contributed by atoms with Gasteiger partial charge in [0.05, 0.1) is 35.9 Å². The van der Waals surface area contributed by atoms with Gasteiger partial charge in [-0.3, -0.25) is 4.98 Å². The molecule has 4 rings (SSSR count). The number of fused-ring (bicyclic) bond motifs is 1. The summed E-state index contributed by atoms with van der Waals surface area (Å²) in [5.41, 5.74) is 11.6. The Morgan fingerprint density at radius 1 is 1.29 bits per heavy atom. The molecule has 2 aromatic heterocycles. The van der Waals surface area contributed by atoms with Crippen molar-refractivity contribution in [1.82, 2.24) is 14.5 Å². The number of hydrogen-bond donors (Lipinski definition) is 1. The molecule has 0 unspecified atom stereocenters. The first-order valence-corrected chi connectivity index (χ1v) is 9.40. The van der Waals surface area contributed by atoms with Gasteiger partial charge in [-0.1, -0.05) is 6.07 Å². The zero-order valence-corrected chi connectivity index (χ0v) is 16.1. The molecule has 0 amide bonds. The predicted octanol–water partition coefficient (Wildman–Crippen LogP) is 3.52. The number of benzene rings is 1. The predicted molar refractivity (Wildman–Crippen MR) is 109 cm³/mol. The van der Waals surface area contributed by atoms with Gasteiger partial charge < -0.3 is 15.2 Å². The van der Waals surface area contributed by atoms with Gasteiger partial charge in [-0.05, 0) is 49.6 Å². The second kappa shape index (κ2) is 7.21. The minimum absolute atomic E-state index is 0.403. The molecule has 1 aromatic carbocycles. The number of imidazole rings is 1. The van der Waals surface area contributed by atoms with E-state index < -0.39 is 12.2 Å². The van der Waals surface area contributed by atoms with E-state index in [-0.39, 0.29) is 0 Å². The molecule has 0 spiro atoms. The van der Waals surface area contributed by atoms with Crippen LogP contribution < -0.4 is 10.6 Å². The number of hydrogen-bond acceptors (Lipinski definition) is 4. The summed E-state index contributed by atoms with van der Waals surface area (Å²) in [6.07, 6.45) is 1.02. The van der Waals surface area contributed by atoms with E-state index in [1.165, 1.54) is 11.1 Å². The van der Waals surface area contributed by atoms with E-state index in [4.69, 9.17) is 17.3 Å². The summed E-state index contributed by atoms with van der Waals surface area (Å²) in [6.45, 7) is 12.8. The zero-order chi connectivity index (χ0) is 19.8. The van der Waals surface area contributed by atoms with Gasteiger partial charge in [0.1, 0.15) is 6.17 Å². The average molecular weight is 378 g/mol. The van der Waals surface area contributed by atoms with Gasteiger partial charge in [0.15, 0.2) is 0 Å². The van der Waals surface area contributed by atoms with Crippen molar-refractivity contribution in [2.75, 3.05) is 18.0 Å². The van der Waals surface area contributed by atoms with Crippen LogP contribution in [0.1, 0.15) is 23.2 Å². The van der Waals surface area contributed by atoms with E-state index in [0.717, 1.165) is 22.7 Å². The number of nitrogens with two attached hydrogens (primary N) is 1. The van der Waals surface area contributed by atoms with E-state index >= 15 is 0 Å². The van der Waals surface area contributed by atoms with E-state index in [0.29, 0.717) is 31.7 Å². The van der Waals surface area contributed by atoms with Crippen LogP contribution in [0.25, 0.3) is 15.9 Å². The molecule has 0 saturated carbocycles. The molecular formula is C21H23FN6. The molecule has 1 aliphatic rings. The maximum Gasteiger partial charge on any atom is 0.206 e. The van der Waals surface area contributed by atoms with Crippen molar-refractivity contribution in [1.29, 1.82) is 0 Å². The third-order valence-corrected chi connectivity index (χ3v) is 5.46. The largest absolute Gasteiger partial charge is 0.340 e. The second-order valence-electron chi connectivity index (χ2n) is 7.46. The lowest BCUT2D eigenvalue weighted by atomic mass is 10.1. The van der Waals surface area contributed by atoms with Gasteiger partial charge in [0.2, 0.25) is 11.6 Å². The van der Waals surface area contributed by atoms with Crippen molar-refractivity contribution in [3.63, 3.8) is 0 Å². The van der Waals surface area contributed by atoms with Crippen LogP contribution in [0.2, 0.25) is 0 Å². The molecule has 144 valence electrons. The van der Waals surface area contributed by atoms with Crippen LogP contribution in [-0.2, 0) is 6.54 Å². The van der Waals surface area contributed by atoms with Crippen LogP contribution in [0, 0.1) is 20.4 Å². The molecule has 0 aliphatic carbocycles. The van der Waals surface area contributed by atoms with Gasteiger partial charge in [-0.25, -0.2) is 14.2 Å². The van der Waals surface area contributed by atoms with Gasteiger partial charge in [-0.2, -0.15) is 0 Å². The maximum absolute atomic E-state index is 13.9. The quantitative estimate of drug-likeness (QED) is 0.708. The number of anilines is 1. The second-order valence-corrected chi connectivity index (χ2v) is 7.46. The molecule has 0 bridgehead atoms. The van der Waals surface area contributed by atoms with Crippen molar-refractivity contribution in [3.8, 4) is 0 Å². The van der Waals surface area contributed by atoms with Crippen molar-refractivity contribution < 1.29 is 4.39 Å². The minimum Gasteiger partial charge on any atom is -0.340 e. The lowest BCUT2D eigenvalue weighted by Gasteiger charge is -2.34. The Labute approximate surface area is 163 Å². The molecular weight excluding hydrogens is 355 g/mol. The first-order chi connectivity index (χ1) is 13.5. The van der Waals surface area contributed by atoms with Crippen molar-refractivity contribution in [2.24, 2.45) is 5.73 Å². The fraction of sp³-hybridized carbons (Fsp3) is 0.381. The summed E-state index contributed by atoms with van der Waals surface area (Å²) >= 11 is 0. The molecule has 1 aliphatic heterocycles. The molecule has 1 fully saturated rings. The first kappa shape index (κ1) is 18.4. The fourth-order valence-corrected chi connectivity index (χ4v) is 3.64. The van der Waals surface area contributed by atoms with Crippen molar-refractivity contribution in [3.05, 3.63) is 58.7 Å². The molecule has 3 heterocycles. The number of alkyl halides is 1. The summed E-state index contributed by atoms with van der Waals surface area (Å²) in [4.78, 5) is 14.7. The summed E-state index contributed by atoms with van der Waals surface area (Å²) in [5.74, 6) is 0.790. The molecule has 3 aromatic rings. The topological polar surface area (TPSA) is 64.3 Å². The Hall–Kier alpha value is -2.98. The van der Waals surface area contributed by atoms with Crippen LogP contribution in [-0.4, -0.2) is 39.8 Å². The van der Waals surface area contributed by atoms with Crippen LogP contribution in [0.4, 0.5) is 16.0 Å². The van der Waals surface area contributed by atoms with Crippen molar-refractivity contribution >= 4 is 22.7 Å². The standard InChI is InChI=1S/C21H23FN6/c1-13-8-19-20(9-14(13)2)28(11-16-5-4-15(24-3)10-25-16)21(26-19)27-7-6-17(22)18(23)12-27/h4-5,8-10,17-18H,6-7,11-12,23H2,1-2H3/t17-,18-/m1/s1. The van der Waals surface area contributed by atoms with Crippen LogP contribution in [0.5, 0.6) is 0 Å². The Balaban J connectivity index is 1.79. The van der Waals surface area contributed by atoms with E-state index in [1.54, 1.807) is 12.3 Å². The zero-order valence-electron chi connectivity index (χ0n) is 16.1. The normalized spacial score (nSPS) is 19.8. The molecule has 2 atom stereocenters. The number of aryl methyl sites for hydroxylation is 2. The number of pyridine rings is 1. The average Bonchev–Trinajstić information content (AvgIpc) is 3.02. The Kier molecular flexibility index (Phi) is 4.73. The number of rotatable bonds is 3. The molecule has 7 heteroatoms. The highest BCUT2D eigenvalue weighted by Gasteiger charge is 2.29. The van der Waals surface area contributed by atoms with Crippen molar-refractivity contribution in [2.45, 2.75) is 39.0 Å². The van der Waals surface area contributed by atoms with E-state index in [2.05, 4.69) is 45.3 Å². The Morgan fingerprint density at radius 2 is 2.07 bits per heavy atom. The molecule has 6 nitrogen and oxygen atoms in total. The van der Waals surface area contributed by atoms with Gasteiger partial charge in [0.25, 0.3) is 0 Å². The molecule has 0 radical (unpaired) electrons. The molecule has 2 N–H and O–H groups in total. The third-order valence-electron chi connectivity index (χ3n) is 5.46. The van der Waals surface area contributed by atoms with Crippen LogP contribution >= 0.6 is 0 Å². The van der Waals surface area contributed by atoms with Crippen LogP contribution in [0.3, 0.4) is 0 Å². The molecule has 28 heavy (non-hydrogen) atoms.